The van der Waals surface area contributed by atoms with Crippen LogP contribution in [0.5, 0.6) is 0 Å². The van der Waals surface area contributed by atoms with Crippen LogP contribution in [0, 0.1) is 0 Å². The molecule has 2 aliphatic heterocycles. The average molecular weight is 260 g/mol. The zero-order valence-corrected chi connectivity index (χ0v) is 11.8. The van der Waals surface area contributed by atoms with Crippen LogP contribution in [-0.4, -0.2) is 32.8 Å². The molecule has 1 N–H and O–H groups in total. The molecule has 19 heavy (non-hydrogen) atoms. The molecular formula is C16H24N2O. The molecule has 1 aromatic carbocycles. The van der Waals surface area contributed by atoms with Gasteiger partial charge in [0, 0.05) is 26.7 Å². The molecule has 3 heteroatoms. The third-order valence-corrected chi connectivity index (χ3v) is 4.22. The van der Waals surface area contributed by atoms with E-state index in [0.717, 1.165) is 19.7 Å². The fourth-order valence-corrected chi connectivity index (χ4v) is 3.16. The number of nitrogens with zero attached hydrogens (tertiary/aromatic N) is 1. The van der Waals surface area contributed by atoms with Gasteiger partial charge >= 0.3 is 0 Å². The fraction of sp³-hybridized carbons (Fsp3) is 0.625. The fourth-order valence-electron chi connectivity index (χ4n) is 3.16. The Bertz CT molecular complexity index is 427. The van der Waals surface area contributed by atoms with Crippen molar-refractivity contribution in [2.75, 3.05) is 37.0 Å². The molecule has 1 unspecified atom stereocenters. The van der Waals surface area contributed by atoms with E-state index < -0.39 is 0 Å². The lowest BCUT2D eigenvalue weighted by atomic mass is 10.0. The number of fused-ring (bicyclic) bond motifs is 1. The van der Waals surface area contributed by atoms with Crippen molar-refractivity contribution >= 4 is 11.4 Å². The Kier molecular flexibility index (Phi) is 3.92. The highest BCUT2D eigenvalue weighted by Gasteiger charge is 2.19. The second-order valence-electron chi connectivity index (χ2n) is 5.71. The van der Waals surface area contributed by atoms with Crippen molar-refractivity contribution in [3.63, 3.8) is 0 Å². The molecule has 0 aromatic heterocycles. The molecule has 0 spiro atoms. The first kappa shape index (κ1) is 12.8. The number of ether oxygens (including phenoxy) is 1. The summed E-state index contributed by atoms with van der Waals surface area (Å²) in [6, 6.07) is 6.65. The Morgan fingerprint density at radius 1 is 1.32 bits per heavy atom. The molecule has 3 rings (SSSR count). The predicted octanol–water partition coefficient (Wildman–Crippen LogP) is 3.05. The second-order valence-corrected chi connectivity index (χ2v) is 5.71. The number of anilines is 2. The molecule has 1 fully saturated rings. The maximum Gasteiger partial charge on any atom is 0.0749 e. The number of nitrogens with one attached hydrogen (secondary N) is 1. The third kappa shape index (κ3) is 2.86. The van der Waals surface area contributed by atoms with E-state index in [-0.39, 0.29) is 0 Å². The zero-order chi connectivity index (χ0) is 13.1. The van der Waals surface area contributed by atoms with Gasteiger partial charge in [0.1, 0.15) is 0 Å². The van der Waals surface area contributed by atoms with Gasteiger partial charge in [0.15, 0.2) is 0 Å². The molecule has 3 nitrogen and oxygen atoms in total. The summed E-state index contributed by atoms with van der Waals surface area (Å²) >= 11 is 0. The van der Waals surface area contributed by atoms with E-state index in [1.54, 1.807) is 0 Å². The smallest absolute Gasteiger partial charge is 0.0749 e. The van der Waals surface area contributed by atoms with Crippen LogP contribution in [0.2, 0.25) is 0 Å². The predicted molar refractivity (Wildman–Crippen MR) is 80.1 cm³/mol. The SMILES string of the molecule is CN(CC1CCCCO1)c1cccc2c1NCCC2. The van der Waals surface area contributed by atoms with Crippen LogP contribution in [-0.2, 0) is 11.2 Å². The monoisotopic (exact) mass is 260 g/mol. The Balaban J connectivity index is 1.73. The Labute approximate surface area is 115 Å². The van der Waals surface area contributed by atoms with Crippen LogP contribution < -0.4 is 10.2 Å². The van der Waals surface area contributed by atoms with E-state index in [0.29, 0.717) is 6.10 Å². The standard InChI is InChI=1S/C16H24N2O/c1-18(12-14-8-2-3-11-19-14)15-9-4-6-13-7-5-10-17-16(13)15/h4,6,9,14,17H,2-3,5,7-8,10-12H2,1H3. The van der Waals surface area contributed by atoms with Crippen molar-refractivity contribution in [1.29, 1.82) is 0 Å². The lowest BCUT2D eigenvalue weighted by Gasteiger charge is -2.31. The molecular weight excluding hydrogens is 236 g/mol. The van der Waals surface area contributed by atoms with Gasteiger partial charge in [-0.3, -0.25) is 0 Å². The number of aryl methyl sites for hydroxylation is 1. The van der Waals surface area contributed by atoms with E-state index >= 15 is 0 Å². The highest BCUT2D eigenvalue weighted by Crippen LogP contribution is 2.32. The van der Waals surface area contributed by atoms with Crippen LogP contribution in [0.25, 0.3) is 0 Å². The number of likely N-dealkylation sites (N-methyl/N-ethyl adjacent to an activating group) is 1. The summed E-state index contributed by atoms with van der Waals surface area (Å²) in [6.07, 6.45) is 6.58. The normalized spacial score (nSPS) is 22.5. The first-order valence-corrected chi connectivity index (χ1v) is 7.53. The molecule has 1 aromatic rings. The van der Waals surface area contributed by atoms with E-state index in [1.807, 2.05) is 0 Å². The molecule has 1 atom stereocenters. The number of hydrogen-bond donors (Lipinski definition) is 1. The van der Waals surface area contributed by atoms with Crippen molar-refractivity contribution in [3.05, 3.63) is 23.8 Å². The van der Waals surface area contributed by atoms with E-state index in [1.165, 1.54) is 49.0 Å². The molecule has 0 amide bonds. The van der Waals surface area contributed by atoms with Gasteiger partial charge in [-0.15, -0.1) is 0 Å². The second kappa shape index (κ2) is 5.83. The average Bonchev–Trinajstić information content (AvgIpc) is 2.47. The Morgan fingerprint density at radius 2 is 2.26 bits per heavy atom. The number of para-hydroxylation sites is 1. The van der Waals surface area contributed by atoms with Crippen LogP contribution >= 0.6 is 0 Å². The van der Waals surface area contributed by atoms with Crippen LogP contribution in [0.1, 0.15) is 31.2 Å². The number of hydrogen-bond acceptors (Lipinski definition) is 3. The van der Waals surface area contributed by atoms with Gasteiger partial charge in [0.25, 0.3) is 0 Å². The van der Waals surface area contributed by atoms with Gasteiger partial charge in [-0.2, -0.15) is 0 Å². The summed E-state index contributed by atoms with van der Waals surface area (Å²) in [5.41, 5.74) is 4.12. The van der Waals surface area contributed by atoms with Gasteiger partial charge in [0.05, 0.1) is 17.5 Å². The molecule has 2 heterocycles. The van der Waals surface area contributed by atoms with Gasteiger partial charge in [0.2, 0.25) is 0 Å². The van der Waals surface area contributed by atoms with Crippen molar-refractivity contribution < 1.29 is 4.74 Å². The number of benzene rings is 1. The largest absolute Gasteiger partial charge is 0.383 e. The summed E-state index contributed by atoms with van der Waals surface area (Å²) in [4.78, 5) is 2.35. The highest BCUT2D eigenvalue weighted by molar-refractivity contribution is 5.74. The molecule has 104 valence electrons. The maximum absolute atomic E-state index is 5.85. The lowest BCUT2D eigenvalue weighted by Crippen LogP contribution is -2.34. The van der Waals surface area contributed by atoms with Crippen LogP contribution in [0.15, 0.2) is 18.2 Å². The minimum atomic E-state index is 0.401. The third-order valence-electron chi connectivity index (χ3n) is 4.22. The van der Waals surface area contributed by atoms with Crippen molar-refractivity contribution in [2.45, 2.75) is 38.2 Å². The molecule has 0 bridgehead atoms. The lowest BCUT2D eigenvalue weighted by molar-refractivity contribution is 0.0216. The Hall–Kier alpha value is -1.22. The topological polar surface area (TPSA) is 24.5 Å². The summed E-state index contributed by atoms with van der Waals surface area (Å²) < 4.78 is 5.85. The van der Waals surface area contributed by atoms with Gasteiger partial charge < -0.3 is 15.0 Å². The van der Waals surface area contributed by atoms with E-state index in [4.69, 9.17) is 4.74 Å². The van der Waals surface area contributed by atoms with Gasteiger partial charge in [-0.1, -0.05) is 12.1 Å². The van der Waals surface area contributed by atoms with Crippen LogP contribution in [0.4, 0.5) is 11.4 Å². The van der Waals surface area contributed by atoms with Crippen molar-refractivity contribution in [1.82, 2.24) is 0 Å². The minimum absolute atomic E-state index is 0.401. The molecule has 0 radical (unpaired) electrons. The zero-order valence-electron chi connectivity index (χ0n) is 11.8. The molecule has 2 aliphatic rings. The first-order chi connectivity index (χ1) is 9.34. The van der Waals surface area contributed by atoms with Crippen molar-refractivity contribution in [3.8, 4) is 0 Å². The van der Waals surface area contributed by atoms with Gasteiger partial charge in [-0.25, -0.2) is 0 Å². The summed E-state index contributed by atoms with van der Waals surface area (Å²) in [6.45, 7) is 3.03. The van der Waals surface area contributed by atoms with Crippen molar-refractivity contribution in [2.24, 2.45) is 0 Å². The quantitative estimate of drug-likeness (QED) is 0.904. The summed E-state index contributed by atoms with van der Waals surface area (Å²) in [5.74, 6) is 0. The van der Waals surface area contributed by atoms with Crippen LogP contribution in [0.3, 0.4) is 0 Å². The summed E-state index contributed by atoms with van der Waals surface area (Å²) in [5, 5.41) is 3.57. The molecule has 1 saturated heterocycles. The highest BCUT2D eigenvalue weighted by atomic mass is 16.5. The molecule has 0 saturated carbocycles. The maximum atomic E-state index is 5.85. The summed E-state index contributed by atoms with van der Waals surface area (Å²) in [7, 11) is 2.18. The van der Waals surface area contributed by atoms with Gasteiger partial charge in [-0.05, 0) is 43.7 Å². The minimum Gasteiger partial charge on any atom is -0.383 e. The van der Waals surface area contributed by atoms with E-state index in [9.17, 15) is 0 Å². The van der Waals surface area contributed by atoms with E-state index in [2.05, 4.69) is 35.5 Å². The Morgan fingerprint density at radius 3 is 3.11 bits per heavy atom. The number of rotatable bonds is 3. The first-order valence-electron chi connectivity index (χ1n) is 7.53. The molecule has 0 aliphatic carbocycles.